The fraction of sp³-hybridized carbons (Fsp3) is 0.333. The lowest BCUT2D eigenvalue weighted by molar-refractivity contribution is -0.116. The van der Waals surface area contributed by atoms with Crippen molar-refractivity contribution in [3.63, 3.8) is 0 Å². The molecule has 0 saturated heterocycles. The average molecular weight is 253 g/mol. The molecule has 4 heteroatoms. The number of nitrogens with one attached hydrogen (secondary N) is 1. The van der Waals surface area contributed by atoms with Crippen molar-refractivity contribution in [1.29, 1.82) is 0 Å². The van der Waals surface area contributed by atoms with Crippen LogP contribution in [0.25, 0.3) is 11.0 Å². The SMILES string of the molecule is C[C@H]1C2=C(CCCC2=O)Nc2nc3ccccc3n21. The number of aromatic nitrogens is 2. The molecule has 4 nitrogen and oxygen atoms in total. The molecule has 0 spiro atoms. The van der Waals surface area contributed by atoms with Crippen molar-refractivity contribution in [3.8, 4) is 0 Å². The maximum absolute atomic E-state index is 12.2. The molecule has 1 atom stereocenters. The Morgan fingerprint density at radius 1 is 1.32 bits per heavy atom. The van der Waals surface area contributed by atoms with Gasteiger partial charge < -0.3 is 9.88 Å². The summed E-state index contributed by atoms with van der Waals surface area (Å²) in [6.07, 6.45) is 2.57. The van der Waals surface area contributed by atoms with E-state index in [-0.39, 0.29) is 11.8 Å². The number of anilines is 1. The van der Waals surface area contributed by atoms with Gasteiger partial charge in [0.2, 0.25) is 5.95 Å². The highest BCUT2D eigenvalue weighted by Crippen LogP contribution is 2.38. The summed E-state index contributed by atoms with van der Waals surface area (Å²) in [4.78, 5) is 16.8. The number of nitrogens with zero attached hydrogens (tertiary/aromatic N) is 2. The summed E-state index contributed by atoms with van der Waals surface area (Å²) in [5, 5.41) is 3.36. The Bertz CT molecular complexity index is 726. The molecule has 0 saturated carbocycles. The number of carbonyl (C=O) groups is 1. The fourth-order valence-corrected chi connectivity index (χ4v) is 3.27. The minimum atomic E-state index is 0.0754. The summed E-state index contributed by atoms with van der Waals surface area (Å²) in [6, 6.07) is 8.14. The van der Waals surface area contributed by atoms with E-state index in [9.17, 15) is 4.79 Å². The van der Waals surface area contributed by atoms with E-state index in [4.69, 9.17) is 0 Å². The molecule has 2 aromatic rings. The molecule has 1 aromatic carbocycles. The lowest BCUT2D eigenvalue weighted by Gasteiger charge is -2.31. The van der Waals surface area contributed by atoms with Gasteiger partial charge in [-0.1, -0.05) is 12.1 Å². The smallest absolute Gasteiger partial charge is 0.208 e. The minimum absolute atomic E-state index is 0.0754. The number of para-hydroxylation sites is 2. The summed E-state index contributed by atoms with van der Waals surface area (Å²) in [5.74, 6) is 1.15. The first-order valence-electron chi connectivity index (χ1n) is 6.76. The monoisotopic (exact) mass is 253 g/mol. The Morgan fingerprint density at radius 2 is 2.16 bits per heavy atom. The maximum Gasteiger partial charge on any atom is 0.208 e. The molecule has 1 aliphatic carbocycles. The van der Waals surface area contributed by atoms with Gasteiger partial charge in [-0.15, -0.1) is 0 Å². The van der Waals surface area contributed by atoms with Crippen LogP contribution in [-0.2, 0) is 4.79 Å². The zero-order valence-electron chi connectivity index (χ0n) is 10.8. The predicted molar refractivity (Wildman–Crippen MR) is 74.0 cm³/mol. The Hall–Kier alpha value is -2.10. The highest BCUT2D eigenvalue weighted by molar-refractivity contribution is 5.99. The van der Waals surface area contributed by atoms with Gasteiger partial charge in [-0.2, -0.15) is 0 Å². The van der Waals surface area contributed by atoms with E-state index in [0.29, 0.717) is 6.42 Å². The summed E-state index contributed by atoms with van der Waals surface area (Å²) < 4.78 is 2.14. The van der Waals surface area contributed by atoms with Crippen LogP contribution in [0.4, 0.5) is 5.95 Å². The molecule has 1 aliphatic heterocycles. The number of allylic oxidation sites excluding steroid dienone is 2. The van der Waals surface area contributed by atoms with Crippen molar-refractivity contribution in [2.24, 2.45) is 0 Å². The fourth-order valence-electron chi connectivity index (χ4n) is 3.27. The van der Waals surface area contributed by atoms with E-state index in [1.165, 1.54) is 0 Å². The second-order valence-electron chi connectivity index (χ2n) is 5.26. The van der Waals surface area contributed by atoms with Gasteiger partial charge in [-0.05, 0) is 31.9 Å². The largest absolute Gasteiger partial charge is 0.329 e. The van der Waals surface area contributed by atoms with E-state index in [1.54, 1.807) is 0 Å². The van der Waals surface area contributed by atoms with Crippen LogP contribution in [0, 0.1) is 0 Å². The molecular formula is C15H15N3O. The summed E-state index contributed by atoms with van der Waals surface area (Å²) in [7, 11) is 0. The van der Waals surface area contributed by atoms with Gasteiger partial charge in [0, 0.05) is 17.7 Å². The average Bonchev–Trinajstić information content (AvgIpc) is 2.77. The standard InChI is InChI=1S/C15H15N3O/c1-9-14-11(6-4-8-13(14)19)17-15-16-10-5-2-3-7-12(10)18(9)15/h2-3,5,7,9H,4,6,8H2,1H3,(H,16,17)/t9-/m0/s1. The van der Waals surface area contributed by atoms with E-state index in [2.05, 4.69) is 27.9 Å². The first kappa shape index (κ1) is 10.8. The first-order valence-corrected chi connectivity index (χ1v) is 6.76. The van der Waals surface area contributed by atoms with Crippen LogP contribution in [0.15, 0.2) is 35.5 Å². The second kappa shape index (κ2) is 3.70. The van der Waals surface area contributed by atoms with Crippen LogP contribution in [0.1, 0.15) is 32.2 Å². The highest BCUT2D eigenvalue weighted by Gasteiger charge is 2.32. The summed E-state index contributed by atoms with van der Waals surface area (Å²) >= 11 is 0. The highest BCUT2D eigenvalue weighted by atomic mass is 16.1. The van der Waals surface area contributed by atoms with E-state index >= 15 is 0 Å². The quantitative estimate of drug-likeness (QED) is 0.785. The minimum Gasteiger partial charge on any atom is -0.329 e. The van der Waals surface area contributed by atoms with E-state index in [0.717, 1.165) is 41.1 Å². The molecule has 0 amide bonds. The van der Waals surface area contributed by atoms with Crippen LogP contribution < -0.4 is 5.32 Å². The lowest BCUT2D eigenvalue weighted by Crippen LogP contribution is -2.28. The van der Waals surface area contributed by atoms with Gasteiger partial charge in [0.05, 0.1) is 17.1 Å². The number of fused-ring (bicyclic) bond motifs is 3. The Kier molecular flexibility index (Phi) is 2.10. The van der Waals surface area contributed by atoms with Crippen LogP contribution in [0.5, 0.6) is 0 Å². The van der Waals surface area contributed by atoms with E-state index < -0.39 is 0 Å². The molecular weight excluding hydrogens is 238 g/mol. The number of rotatable bonds is 0. The van der Waals surface area contributed by atoms with Crippen LogP contribution in [-0.4, -0.2) is 15.3 Å². The zero-order chi connectivity index (χ0) is 13.0. The van der Waals surface area contributed by atoms with Crippen molar-refractivity contribution < 1.29 is 4.79 Å². The van der Waals surface area contributed by atoms with Gasteiger partial charge in [0.1, 0.15) is 0 Å². The Morgan fingerprint density at radius 3 is 3.05 bits per heavy atom. The molecule has 4 rings (SSSR count). The van der Waals surface area contributed by atoms with Crippen molar-refractivity contribution in [3.05, 3.63) is 35.5 Å². The van der Waals surface area contributed by atoms with Crippen LogP contribution >= 0.6 is 0 Å². The van der Waals surface area contributed by atoms with Crippen LogP contribution in [0.2, 0.25) is 0 Å². The van der Waals surface area contributed by atoms with Gasteiger partial charge in [0.25, 0.3) is 0 Å². The molecule has 96 valence electrons. The van der Waals surface area contributed by atoms with Gasteiger partial charge in [-0.25, -0.2) is 4.98 Å². The number of Topliss-reactive ketones (excluding diaryl/α,β-unsaturated/α-hetero) is 1. The molecule has 1 N–H and O–H groups in total. The number of ketones is 1. The Balaban J connectivity index is 1.95. The third kappa shape index (κ3) is 1.40. The summed E-state index contributed by atoms with van der Waals surface area (Å²) in [6.45, 7) is 2.09. The molecule has 2 heterocycles. The Labute approximate surface area is 111 Å². The molecule has 19 heavy (non-hydrogen) atoms. The number of carbonyl (C=O) groups excluding carboxylic acids is 1. The predicted octanol–water partition coefficient (Wildman–Crippen LogP) is 3.03. The molecule has 0 unspecified atom stereocenters. The number of hydrogen-bond acceptors (Lipinski definition) is 3. The summed E-state index contributed by atoms with van der Waals surface area (Å²) in [5.41, 5.74) is 4.08. The van der Waals surface area contributed by atoms with Crippen molar-refractivity contribution >= 4 is 22.8 Å². The molecule has 0 radical (unpaired) electrons. The van der Waals surface area contributed by atoms with Gasteiger partial charge in [-0.3, -0.25) is 4.79 Å². The third-order valence-electron chi connectivity index (χ3n) is 4.12. The van der Waals surface area contributed by atoms with Gasteiger partial charge >= 0.3 is 0 Å². The third-order valence-corrected chi connectivity index (χ3v) is 4.12. The molecule has 0 fully saturated rings. The topological polar surface area (TPSA) is 46.9 Å². The second-order valence-corrected chi connectivity index (χ2v) is 5.26. The van der Waals surface area contributed by atoms with Crippen molar-refractivity contribution in [1.82, 2.24) is 9.55 Å². The number of imidazole rings is 1. The lowest BCUT2D eigenvalue weighted by atomic mass is 9.89. The van der Waals surface area contributed by atoms with Crippen molar-refractivity contribution in [2.75, 3.05) is 5.32 Å². The van der Waals surface area contributed by atoms with Crippen LogP contribution in [0.3, 0.4) is 0 Å². The number of benzene rings is 1. The van der Waals surface area contributed by atoms with E-state index in [1.807, 2.05) is 18.2 Å². The first-order chi connectivity index (χ1) is 9.25. The van der Waals surface area contributed by atoms with Gasteiger partial charge in [0.15, 0.2) is 5.78 Å². The zero-order valence-corrected chi connectivity index (χ0v) is 10.8. The normalized spacial score (nSPS) is 22.2. The molecule has 0 bridgehead atoms. The van der Waals surface area contributed by atoms with Crippen molar-refractivity contribution in [2.45, 2.75) is 32.2 Å². The number of hydrogen-bond donors (Lipinski definition) is 1. The molecule has 1 aromatic heterocycles. The molecule has 2 aliphatic rings. The maximum atomic E-state index is 12.2.